The summed E-state index contributed by atoms with van der Waals surface area (Å²) in [5.74, 6) is 0. The first-order valence-electron chi connectivity index (χ1n) is 4.40. The molecule has 15 heavy (non-hydrogen) atoms. The molecule has 0 radical (unpaired) electrons. The van der Waals surface area contributed by atoms with Gasteiger partial charge in [-0.05, 0) is 0 Å². The van der Waals surface area contributed by atoms with Crippen LogP contribution in [0.4, 0.5) is 5.13 Å². The number of nitrogen functional groups attached to an aromatic ring is 1. The molecule has 0 saturated carbocycles. The van der Waals surface area contributed by atoms with Crippen LogP contribution in [0.25, 0.3) is 0 Å². The molecular weight excluding hydrogens is 230 g/mol. The maximum Gasteiger partial charge on any atom is 0.180 e. The lowest BCUT2D eigenvalue weighted by Crippen LogP contribution is -2.22. The van der Waals surface area contributed by atoms with E-state index in [2.05, 4.69) is 23.0 Å². The summed E-state index contributed by atoms with van der Waals surface area (Å²) < 4.78 is 0. The Hall–Kier alpha value is -0.840. The van der Waals surface area contributed by atoms with Crippen LogP contribution in [0.1, 0.15) is 4.88 Å². The molecule has 0 bridgehead atoms. The summed E-state index contributed by atoms with van der Waals surface area (Å²) in [6.07, 6.45) is 5.58. The van der Waals surface area contributed by atoms with Crippen LogP contribution in [0, 0.1) is 0 Å². The van der Waals surface area contributed by atoms with E-state index in [0.29, 0.717) is 5.13 Å². The average molecular weight is 246 g/mol. The van der Waals surface area contributed by atoms with Crippen molar-refractivity contribution in [2.45, 2.75) is 6.54 Å². The summed E-state index contributed by atoms with van der Waals surface area (Å²) in [7, 11) is 0. The van der Waals surface area contributed by atoms with E-state index in [4.69, 9.17) is 5.73 Å². The second-order valence-corrected chi connectivity index (χ2v) is 4.08. The number of halogens is 1. The molecule has 0 saturated heterocycles. The van der Waals surface area contributed by atoms with Crippen molar-refractivity contribution in [1.29, 1.82) is 0 Å². The smallest absolute Gasteiger partial charge is 0.180 e. The molecule has 84 valence electrons. The van der Waals surface area contributed by atoms with Gasteiger partial charge < -0.3 is 5.73 Å². The maximum absolute atomic E-state index is 5.55. The van der Waals surface area contributed by atoms with E-state index in [-0.39, 0.29) is 12.4 Å². The highest BCUT2D eigenvalue weighted by Crippen LogP contribution is 2.16. The molecule has 2 N–H and O–H groups in total. The zero-order valence-corrected chi connectivity index (χ0v) is 10.2. The highest BCUT2D eigenvalue weighted by molar-refractivity contribution is 7.15. The molecule has 0 atom stereocenters. The molecule has 0 unspecified atom stereocenters. The quantitative estimate of drug-likeness (QED) is 0.783. The van der Waals surface area contributed by atoms with Crippen LogP contribution in [0.5, 0.6) is 0 Å². The Bertz CT molecular complexity index is 301. The molecule has 1 aromatic rings. The molecule has 0 aliphatic carbocycles. The number of aromatic nitrogens is 1. The summed E-state index contributed by atoms with van der Waals surface area (Å²) in [5.41, 5.74) is 5.55. The minimum absolute atomic E-state index is 0. The maximum atomic E-state index is 5.55. The molecule has 5 heteroatoms. The average Bonchev–Trinajstić information content (AvgIpc) is 2.52. The van der Waals surface area contributed by atoms with Crippen LogP contribution in [-0.2, 0) is 6.54 Å². The molecule has 0 aliphatic heterocycles. The Labute approximate surface area is 101 Å². The van der Waals surface area contributed by atoms with Gasteiger partial charge in [0.05, 0.1) is 0 Å². The van der Waals surface area contributed by atoms with Crippen molar-refractivity contribution in [1.82, 2.24) is 9.88 Å². The summed E-state index contributed by atoms with van der Waals surface area (Å²) in [4.78, 5) is 7.40. The fraction of sp³-hybridized carbons (Fsp3) is 0.300. The summed E-state index contributed by atoms with van der Waals surface area (Å²) in [6, 6.07) is 0. The third-order valence-corrected chi connectivity index (χ3v) is 2.54. The number of rotatable bonds is 6. The van der Waals surface area contributed by atoms with Gasteiger partial charge in [0.2, 0.25) is 0 Å². The van der Waals surface area contributed by atoms with Crippen LogP contribution in [0.3, 0.4) is 0 Å². The molecule has 0 aromatic carbocycles. The predicted octanol–water partition coefficient (Wildman–Crippen LogP) is 2.32. The van der Waals surface area contributed by atoms with Gasteiger partial charge in [0.1, 0.15) is 0 Å². The standard InChI is InChI=1S/C10H15N3S.ClH/c1-3-5-13(6-4-2)8-9-7-12-10(11)14-9;/h3-4,7H,1-2,5-6,8H2,(H2,11,12);1H. The van der Waals surface area contributed by atoms with E-state index in [1.165, 1.54) is 16.2 Å². The molecular formula is C10H16ClN3S. The van der Waals surface area contributed by atoms with E-state index in [1.807, 2.05) is 18.3 Å². The number of anilines is 1. The van der Waals surface area contributed by atoms with Crippen LogP contribution < -0.4 is 5.73 Å². The minimum atomic E-state index is 0. The van der Waals surface area contributed by atoms with Crippen molar-refractivity contribution in [3.8, 4) is 0 Å². The minimum Gasteiger partial charge on any atom is -0.375 e. The first kappa shape index (κ1) is 14.2. The SMILES string of the molecule is C=CCN(CC=C)Cc1cnc(N)s1.Cl. The third-order valence-electron chi connectivity index (χ3n) is 1.73. The normalized spacial score (nSPS) is 9.67. The van der Waals surface area contributed by atoms with Gasteiger partial charge in [-0.1, -0.05) is 12.2 Å². The largest absolute Gasteiger partial charge is 0.375 e. The Morgan fingerprint density at radius 2 is 2.00 bits per heavy atom. The van der Waals surface area contributed by atoms with Gasteiger partial charge in [-0.2, -0.15) is 0 Å². The van der Waals surface area contributed by atoms with E-state index >= 15 is 0 Å². The third kappa shape index (κ3) is 4.97. The van der Waals surface area contributed by atoms with Crippen molar-refractivity contribution in [3.63, 3.8) is 0 Å². The molecule has 0 amide bonds. The van der Waals surface area contributed by atoms with Gasteiger partial charge in [-0.15, -0.1) is 36.9 Å². The number of hydrogen-bond donors (Lipinski definition) is 1. The first-order chi connectivity index (χ1) is 6.76. The van der Waals surface area contributed by atoms with Gasteiger partial charge in [0.25, 0.3) is 0 Å². The van der Waals surface area contributed by atoms with Gasteiger partial charge in [-0.25, -0.2) is 4.98 Å². The monoisotopic (exact) mass is 245 g/mol. The summed E-state index contributed by atoms with van der Waals surface area (Å²) in [6.45, 7) is 9.99. The van der Waals surface area contributed by atoms with Gasteiger partial charge in [-0.3, -0.25) is 4.90 Å². The Balaban J connectivity index is 0.00000196. The van der Waals surface area contributed by atoms with Crippen molar-refractivity contribution in [2.75, 3.05) is 18.8 Å². The van der Waals surface area contributed by atoms with Crippen molar-refractivity contribution in [2.24, 2.45) is 0 Å². The number of nitrogens with zero attached hydrogens (tertiary/aromatic N) is 2. The van der Waals surface area contributed by atoms with E-state index in [1.54, 1.807) is 0 Å². The number of hydrogen-bond acceptors (Lipinski definition) is 4. The van der Waals surface area contributed by atoms with Gasteiger partial charge >= 0.3 is 0 Å². The van der Waals surface area contributed by atoms with Crippen LogP contribution in [0.2, 0.25) is 0 Å². The molecule has 1 aromatic heterocycles. The fourth-order valence-corrected chi connectivity index (χ4v) is 1.91. The molecule has 1 rings (SSSR count). The molecule has 1 heterocycles. The van der Waals surface area contributed by atoms with E-state index < -0.39 is 0 Å². The second-order valence-electron chi connectivity index (χ2n) is 2.94. The van der Waals surface area contributed by atoms with Crippen molar-refractivity contribution in [3.05, 3.63) is 36.4 Å². The Kier molecular flexibility index (Phi) is 7.03. The van der Waals surface area contributed by atoms with Crippen molar-refractivity contribution >= 4 is 28.9 Å². The molecule has 0 aliphatic rings. The predicted molar refractivity (Wildman–Crippen MR) is 69.4 cm³/mol. The lowest BCUT2D eigenvalue weighted by atomic mass is 10.4. The van der Waals surface area contributed by atoms with Gasteiger partial charge in [0, 0.05) is 30.7 Å². The molecule has 0 spiro atoms. The van der Waals surface area contributed by atoms with Crippen LogP contribution in [-0.4, -0.2) is 23.0 Å². The van der Waals surface area contributed by atoms with Crippen LogP contribution >= 0.6 is 23.7 Å². The van der Waals surface area contributed by atoms with Crippen molar-refractivity contribution < 1.29 is 0 Å². The summed E-state index contributed by atoms with van der Waals surface area (Å²) >= 11 is 1.52. The fourth-order valence-electron chi connectivity index (χ4n) is 1.18. The van der Waals surface area contributed by atoms with E-state index in [9.17, 15) is 0 Å². The lowest BCUT2D eigenvalue weighted by molar-refractivity contribution is 0.330. The number of nitrogens with two attached hydrogens (primary N) is 1. The summed E-state index contributed by atoms with van der Waals surface area (Å²) in [5, 5.41) is 0.622. The van der Waals surface area contributed by atoms with Crippen LogP contribution in [0.15, 0.2) is 31.5 Å². The van der Waals surface area contributed by atoms with Gasteiger partial charge in [0.15, 0.2) is 5.13 Å². The Morgan fingerprint density at radius 1 is 1.40 bits per heavy atom. The molecule has 3 nitrogen and oxygen atoms in total. The zero-order chi connectivity index (χ0) is 10.4. The highest BCUT2D eigenvalue weighted by atomic mass is 35.5. The second kappa shape index (κ2) is 7.45. The highest BCUT2D eigenvalue weighted by Gasteiger charge is 2.04. The molecule has 0 fully saturated rings. The Morgan fingerprint density at radius 3 is 2.40 bits per heavy atom. The zero-order valence-electron chi connectivity index (χ0n) is 8.56. The van der Waals surface area contributed by atoms with E-state index in [0.717, 1.165) is 19.6 Å². The lowest BCUT2D eigenvalue weighted by Gasteiger charge is -2.16. The first-order valence-corrected chi connectivity index (χ1v) is 5.22. The number of thiazole rings is 1. The topological polar surface area (TPSA) is 42.2 Å².